The SMILES string of the molecule is Cn1nnc2cc(-c3ccc(-c4ccccc4CN4CCOCC4)cc3)cc(C(=O)O)c21. The van der Waals surface area contributed by atoms with Gasteiger partial charge in [-0.1, -0.05) is 53.7 Å². The lowest BCUT2D eigenvalue weighted by Crippen LogP contribution is -2.35. The van der Waals surface area contributed by atoms with E-state index in [-0.39, 0.29) is 5.56 Å². The standard InChI is InChI=1S/C25H24N4O3/c1-28-24-22(25(30)31)14-20(15-23(24)26-27-28)17-6-8-18(9-7-17)21-5-3-2-4-19(21)16-29-10-12-32-13-11-29/h2-9,14-15H,10-13,16H2,1H3,(H,30,31). The van der Waals surface area contributed by atoms with Gasteiger partial charge >= 0.3 is 5.97 Å². The fourth-order valence-electron chi connectivity index (χ4n) is 4.31. The number of morpholine rings is 1. The molecule has 4 aromatic rings. The number of aryl methyl sites for hydroxylation is 1. The van der Waals surface area contributed by atoms with Crippen molar-refractivity contribution >= 4 is 17.0 Å². The summed E-state index contributed by atoms with van der Waals surface area (Å²) in [6, 6.07) is 20.3. The van der Waals surface area contributed by atoms with Gasteiger partial charge in [-0.15, -0.1) is 5.10 Å². The molecule has 0 unspecified atom stereocenters. The molecule has 0 amide bonds. The molecule has 2 heterocycles. The fraction of sp³-hybridized carbons (Fsp3) is 0.240. The quantitative estimate of drug-likeness (QED) is 0.520. The zero-order chi connectivity index (χ0) is 22.1. The number of benzene rings is 3. The van der Waals surface area contributed by atoms with Gasteiger partial charge in [0.15, 0.2) is 0 Å². The molecule has 1 fully saturated rings. The molecule has 7 heteroatoms. The number of aromatic carboxylic acids is 1. The Bertz CT molecular complexity index is 1270. The Kier molecular flexibility index (Phi) is 5.43. The summed E-state index contributed by atoms with van der Waals surface area (Å²) >= 11 is 0. The normalized spacial score (nSPS) is 14.7. The Morgan fingerprint density at radius 2 is 1.72 bits per heavy atom. The van der Waals surface area contributed by atoms with E-state index < -0.39 is 5.97 Å². The third-order valence-corrected chi connectivity index (χ3v) is 5.97. The molecule has 1 aromatic heterocycles. The van der Waals surface area contributed by atoms with Gasteiger partial charge in [-0.2, -0.15) is 0 Å². The van der Waals surface area contributed by atoms with E-state index in [1.54, 1.807) is 13.1 Å². The number of rotatable bonds is 5. The van der Waals surface area contributed by atoms with Crippen LogP contribution in [0.3, 0.4) is 0 Å². The minimum Gasteiger partial charge on any atom is -0.478 e. The van der Waals surface area contributed by atoms with Gasteiger partial charge in [-0.3, -0.25) is 4.90 Å². The van der Waals surface area contributed by atoms with Crippen molar-refractivity contribution in [3.63, 3.8) is 0 Å². The van der Waals surface area contributed by atoms with Crippen LogP contribution in [0.15, 0.2) is 60.7 Å². The average molecular weight is 428 g/mol. The molecular weight excluding hydrogens is 404 g/mol. The molecule has 0 bridgehead atoms. The van der Waals surface area contributed by atoms with Crippen molar-refractivity contribution in [1.29, 1.82) is 0 Å². The summed E-state index contributed by atoms with van der Waals surface area (Å²) in [5.41, 5.74) is 6.68. The van der Waals surface area contributed by atoms with Crippen LogP contribution < -0.4 is 0 Å². The van der Waals surface area contributed by atoms with Gasteiger partial charge in [0.2, 0.25) is 0 Å². The van der Waals surface area contributed by atoms with E-state index in [0.717, 1.165) is 49.5 Å². The van der Waals surface area contributed by atoms with Crippen LogP contribution in [0.5, 0.6) is 0 Å². The van der Waals surface area contributed by atoms with Crippen molar-refractivity contribution in [3.05, 3.63) is 71.8 Å². The zero-order valence-corrected chi connectivity index (χ0v) is 17.9. The van der Waals surface area contributed by atoms with Gasteiger partial charge in [-0.05, 0) is 39.9 Å². The van der Waals surface area contributed by atoms with Crippen LogP contribution in [-0.2, 0) is 18.3 Å². The van der Waals surface area contributed by atoms with Crippen LogP contribution in [0, 0.1) is 0 Å². The zero-order valence-electron chi connectivity index (χ0n) is 17.9. The first kappa shape index (κ1) is 20.4. The van der Waals surface area contributed by atoms with Crippen LogP contribution in [0.25, 0.3) is 33.3 Å². The maximum atomic E-state index is 11.8. The van der Waals surface area contributed by atoms with E-state index in [1.165, 1.54) is 15.8 Å². The van der Waals surface area contributed by atoms with Crippen LogP contribution in [0.2, 0.25) is 0 Å². The van der Waals surface area contributed by atoms with Crippen molar-refractivity contribution in [2.24, 2.45) is 7.05 Å². The lowest BCUT2D eigenvalue weighted by atomic mass is 9.95. The molecule has 3 aromatic carbocycles. The predicted octanol–water partition coefficient (Wildman–Crippen LogP) is 3.83. The van der Waals surface area contributed by atoms with Crippen LogP contribution in [0.1, 0.15) is 15.9 Å². The van der Waals surface area contributed by atoms with Crippen molar-refractivity contribution in [2.45, 2.75) is 6.54 Å². The van der Waals surface area contributed by atoms with Gasteiger partial charge in [0.05, 0.1) is 18.8 Å². The number of ether oxygens (including phenoxy) is 1. The Labute approximate surface area is 185 Å². The van der Waals surface area contributed by atoms with E-state index in [4.69, 9.17) is 4.74 Å². The topological polar surface area (TPSA) is 80.5 Å². The summed E-state index contributed by atoms with van der Waals surface area (Å²) < 4.78 is 6.97. The highest BCUT2D eigenvalue weighted by atomic mass is 16.5. The monoisotopic (exact) mass is 428 g/mol. The van der Waals surface area contributed by atoms with Crippen molar-refractivity contribution in [1.82, 2.24) is 19.9 Å². The first-order valence-corrected chi connectivity index (χ1v) is 10.7. The molecule has 0 saturated carbocycles. The third-order valence-electron chi connectivity index (χ3n) is 5.97. The predicted molar refractivity (Wildman–Crippen MR) is 122 cm³/mol. The first-order valence-electron chi connectivity index (χ1n) is 10.7. The summed E-state index contributed by atoms with van der Waals surface area (Å²) in [4.78, 5) is 14.2. The number of hydrogen-bond donors (Lipinski definition) is 1. The maximum Gasteiger partial charge on any atom is 0.337 e. The Morgan fingerprint density at radius 3 is 2.47 bits per heavy atom. The highest BCUT2D eigenvalue weighted by Gasteiger charge is 2.17. The lowest BCUT2D eigenvalue weighted by Gasteiger charge is -2.27. The molecule has 0 spiro atoms. The van der Waals surface area contributed by atoms with E-state index >= 15 is 0 Å². The number of aromatic nitrogens is 3. The molecule has 7 nitrogen and oxygen atoms in total. The number of fused-ring (bicyclic) bond motifs is 1. The Hall–Kier alpha value is -3.55. The van der Waals surface area contributed by atoms with Gasteiger partial charge < -0.3 is 9.84 Å². The van der Waals surface area contributed by atoms with Gasteiger partial charge in [0, 0.05) is 26.7 Å². The fourth-order valence-corrected chi connectivity index (χ4v) is 4.31. The number of hydrogen-bond acceptors (Lipinski definition) is 5. The number of nitrogens with zero attached hydrogens (tertiary/aromatic N) is 4. The largest absolute Gasteiger partial charge is 0.478 e. The summed E-state index contributed by atoms with van der Waals surface area (Å²) in [6.45, 7) is 4.36. The summed E-state index contributed by atoms with van der Waals surface area (Å²) in [6.07, 6.45) is 0. The molecule has 162 valence electrons. The van der Waals surface area contributed by atoms with E-state index in [2.05, 4.69) is 51.6 Å². The van der Waals surface area contributed by atoms with Crippen molar-refractivity contribution in [2.75, 3.05) is 26.3 Å². The maximum absolute atomic E-state index is 11.8. The number of carboxylic acids is 1. The first-order chi connectivity index (χ1) is 15.6. The van der Waals surface area contributed by atoms with Gasteiger partial charge in [-0.25, -0.2) is 9.48 Å². The van der Waals surface area contributed by atoms with E-state index in [9.17, 15) is 9.90 Å². The lowest BCUT2D eigenvalue weighted by molar-refractivity contribution is 0.0342. The van der Waals surface area contributed by atoms with Crippen LogP contribution in [0.4, 0.5) is 0 Å². The van der Waals surface area contributed by atoms with Crippen molar-refractivity contribution < 1.29 is 14.6 Å². The molecule has 0 atom stereocenters. The summed E-state index contributed by atoms with van der Waals surface area (Å²) in [5, 5.41) is 17.8. The smallest absolute Gasteiger partial charge is 0.337 e. The van der Waals surface area contributed by atoms with Crippen LogP contribution >= 0.6 is 0 Å². The Balaban J connectivity index is 1.47. The molecule has 0 radical (unpaired) electrons. The average Bonchev–Trinajstić information content (AvgIpc) is 3.20. The minimum atomic E-state index is -0.990. The molecule has 1 N–H and O–H groups in total. The Morgan fingerprint density at radius 1 is 1.00 bits per heavy atom. The van der Waals surface area contributed by atoms with Crippen molar-refractivity contribution in [3.8, 4) is 22.3 Å². The number of carboxylic acid groups (broad SMARTS) is 1. The summed E-state index contributed by atoms with van der Waals surface area (Å²) in [7, 11) is 1.70. The van der Waals surface area contributed by atoms with Crippen LogP contribution in [-0.4, -0.2) is 57.3 Å². The molecule has 1 aliphatic heterocycles. The number of carbonyl (C=O) groups is 1. The molecule has 1 saturated heterocycles. The second-order valence-corrected chi connectivity index (χ2v) is 8.03. The molecule has 32 heavy (non-hydrogen) atoms. The highest BCUT2D eigenvalue weighted by Crippen LogP contribution is 2.30. The third kappa shape index (κ3) is 3.88. The van der Waals surface area contributed by atoms with Gasteiger partial charge in [0.1, 0.15) is 11.0 Å². The second kappa shape index (κ2) is 8.53. The molecular formula is C25H24N4O3. The highest BCUT2D eigenvalue weighted by molar-refractivity contribution is 6.03. The van der Waals surface area contributed by atoms with E-state index in [0.29, 0.717) is 11.0 Å². The summed E-state index contributed by atoms with van der Waals surface area (Å²) in [5.74, 6) is -0.990. The van der Waals surface area contributed by atoms with Gasteiger partial charge in [0.25, 0.3) is 0 Å². The molecule has 1 aliphatic rings. The molecule has 5 rings (SSSR count). The minimum absolute atomic E-state index is 0.199. The van der Waals surface area contributed by atoms with E-state index in [1.807, 2.05) is 18.2 Å². The molecule has 0 aliphatic carbocycles. The second-order valence-electron chi connectivity index (χ2n) is 8.03.